The third-order valence-corrected chi connectivity index (χ3v) is 5.29. The molecule has 1 aromatic carbocycles. The minimum atomic E-state index is -0.218. The van der Waals surface area contributed by atoms with Crippen LogP contribution in [0.25, 0.3) is 0 Å². The van der Waals surface area contributed by atoms with Crippen molar-refractivity contribution in [2.45, 2.75) is 39.8 Å². The molecule has 29 heavy (non-hydrogen) atoms. The Bertz CT molecular complexity index is 1010. The molecular formula is C20H23N5O4. The van der Waals surface area contributed by atoms with Gasteiger partial charge in [-0.1, -0.05) is 12.1 Å². The van der Waals surface area contributed by atoms with Gasteiger partial charge in [-0.25, -0.2) is 5.43 Å². The minimum absolute atomic E-state index is 0.167. The number of hydrogen-bond acceptors (Lipinski definition) is 6. The van der Waals surface area contributed by atoms with Gasteiger partial charge < -0.3 is 14.4 Å². The fourth-order valence-corrected chi connectivity index (χ4v) is 3.57. The summed E-state index contributed by atoms with van der Waals surface area (Å²) in [5.41, 5.74) is 6.46. The van der Waals surface area contributed by atoms with Crippen LogP contribution in [-0.2, 0) is 29.7 Å². The van der Waals surface area contributed by atoms with Gasteiger partial charge in [0.25, 0.3) is 5.91 Å². The SMILES string of the molecule is Cc1nn(C)c(C)c1CN(Cc1cccc2c1OCO2)C(=O)C1=NNC(=O)CC1. The summed E-state index contributed by atoms with van der Waals surface area (Å²) in [5, 5.41) is 8.44. The number of benzene rings is 1. The summed E-state index contributed by atoms with van der Waals surface area (Å²) in [5.74, 6) is 0.928. The number of para-hydroxylation sites is 1. The summed E-state index contributed by atoms with van der Waals surface area (Å²) in [7, 11) is 1.88. The zero-order chi connectivity index (χ0) is 20.5. The van der Waals surface area contributed by atoms with E-state index in [4.69, 9.17) is 9.47 Å². The fraction of sp³-hybridized carbons (Fsp3) is 0.400. The van der Waals surface area contributed by atoms with Crippen molar-refractivity contribution in [3.05, 3.63) is 40.7 Å². The number of carbonyl (C=O) groups excluding carboxylic acids is 2. The van der Waals surface area contributed by atoms with Crippen LogP contribution in [0.4, 0.5) is 0 Å². The molecule has 0 atom stereocenters. The Morgan fingerprint density at radius 2 is 2.07 bits per heavy atom. The second kappa shape index (κ2) is 7.57. The van der Waals surface area contributed by atoms with Crippen molar-refractivity contribution in [1.82, 2.24) is 20.1 Å². The number of aryl methyl sites for hydroxylation is 2. The van der Waals surface area contributed by atoms with Crippen molar-refractivity contribution in [3.63, 3.8) is 0 Å². The lowest BCUT2D eigenvalue weighted by Crippen LogP contribution is -2.39. The number of carbonyl (C=O) groups is 2. The van der Waals surface area contributed by atoms with E-state index in [9.17, 15) is 9.59 Å². The van der Waals surface area contributed by atoms with Gasteiger partial charge >= 0.3 is 0 Å². The maximum Gasteiger partial charge on any atom is 0.270 e. The highest BCUT2D eigenvalue weighted by molar-refractivity contribution is 6.39. The first-order valence-corrected chi connectivity index (χ1v) is 9.45. The molecule has 0 fully saturated rings. The van der Waals surface area contributed by atoms with E-state index in [1.165, 1.54) is 0 Å². The number of hydrogen-bond donors (Lipinski definition) is 1. The lowest BCUT2D eigenvalue weighted by Gasteiger charge is -2.25. The van der Waals surface area contributed by atoms with Crippen LogP contribution in [-0.4, -0.2) is 39.0 Å². The maximum atomic E-state index is 13.3. The van der Waals surface area contributed by atoms with Crippen LogP contribution in [0.15, 0.2) is 23.3 Å². The van der Waals surface area contributed by atoms with Crippen LogP contribution < -0.4 is 14.9 Å². The van der Waals surface area contributed by atoms with Gasteiger partial charge in [0.1, 0.15) is 5.71 Å². The van der Waals surface area contributed by atoms with E-state index in [0.717, 1.165) is 22.5 Å². The highest BCUT2D eigenvalue weighted by Gasteiger charge is 2.27. The van der Waals surface area contributed by atoms with E-state index in [0.29, 0.717) is 36.7 Å². The molecule has 0 spiro atoms. The van der Waals surface area contributed by atoms with E-state index < -0.39 is 0 Å². The van der Waals surface area contributed by atoms with Crippen LogP contribution in [0.2, 0.25) is 0 Å². The molecule has 0 aliphatic carbocycles. The molecule has 0 radical (unpaired) electrons. The van der Waals surface area contributed by atoms with E-state index >= 15 is 0 Å². The number of aromatic nitrogens is 2. The second-order valence-electron chi connectivity index (χ2n) is 7.18. The summed E-state index contributed by atoms with van der Waals surface area (Å²) >= 11 is 0. The average Bonchev–Trinajstić information content (AvgIpc) is 3.28. The molecule has 4 rings (SSSR count). The van der Waals surface area contributed by atoms with Crippen molar-refractivity contribution >= 4 is 17.5 Å². The predicted octanol–water partition coefficient (Wildman–Crippen LogP) is 1.56. The van der Waals surface area contributed by atoms with Crippen molar-refractivity contribution in [2.75, 3.05) is 6.79 Å². The Morgan fingerprint density at radius 3 is 2.76 bits per heavy atom. The Kier molecular flexibility index (Phi) is 4.96. The molecule has 3 heterocycles. The fourth-order valence-electron chi connectivity index (χ4n) is 3.57. The number of fused-ring (bicyclic) bond motifs is 1. The number of hydrazone groups is 1. The van der Waals surface area contributed by atoms with Gasteiger partial charge in [0.15, 0.2) is 11.5 Å². The predicted molar refractivity (Wildman–Crippen MR) is 104 cm³/mol. The number of nitrogens with one attached hydrogen (secondary N) is 1. The van der Waals surface area contributed by atoms with Crippen LogP contribution in [0.5, 0.6) is 11.5 Å². The molecule has 2 aromatic rings. The molecule has 9 nitrogen and oxygen atoms in total. The van der Waals surface area contributed by atoms with Gasteiger partial charge in [-0.05, 0) is 19.9 Å². The topological polar surface area (TPSA) is 98.1 Å². The van der Waals surface area contributed by atoms with Crippen molar-refractivity contribution < 1.29 is 19.1 Å². The summed E-state index contributed by atoms with van der Waals surface area (Å²) in [6.45, 7) is 4.78. The second-order valence-corrected chi connectivity index (χ2v) is 7.18. The van der Waals surface area contributed by atoms with Crippen molar-refractivity contribution in [1.29, 1.82) is 0 Å². The Labute approximate surface area is 168 Å². The lowest BCUT2D eigenvalue weighted by molar-refractivity contribution is -0.125. The summed E-state index contributed by atoms with van der Waals surface area (Å²) in [4.78, 5) is 26.4. The van der Waals surface area contributed by atoms with Crippen LogP contribution in [0.1, 0.15) is 35.4 Å². The highest BCUT2D eigenvalue weighted by Crippen LogP contribution is 2.36. The minimum Gasteiger partial charge on any atom is -0.454 e. The van der Waals surface area contributed by atoms with E-state index in [1.54, 1.807) is 4.90 Å². The smallest absolute Gasteiger partial charge is 0.270 e. The summed E-state index contributed by atoms with van der Waals surface area (Å²) < 4.78 is 12.9. The normalized spacial score (nSPS) is 15.1. The quantitative estimate of drug-likeness (QED) is 0.826. The Balaban J connectivity index is 1.66. The van der Waals surface area contributed by atoms with E-state index in [2.05, 4.69) is 15.6 Å². The van der Waals surface area contributed by atoms with Gasteiger partial charge in [-0.15, -0.1) is 0 Å². The number of rotatable bonds is 5. The molecule has 0 saturated carbocycles. The highest BCUT2D eigenvalue weighted by atomic mass is 16.7. The molecule has 9 heteroatoms. The number of ether oxygens (including phenoxy) is 2. The molecule has 0 saturated heterocycles. The Morgan fingerprint density at radius 1 is 1.24 bits per heavy atom. The molecule has 2 aliphatic rings. The molecule has 1 N–H and O–H groups in total. The molecule has 152 valence electrons. The van der Waals surface area contributed by atoms with Gasteiger partial charge in [0.2, 0.25) is 12.7 Å². The average molecular weight is 397 g/mol. The van der Waals surface area contributed by atoms with Crippen molar-refractivity contribution in [3.8, 4) is 11.5 Å². The van der Waals surface area contributed by atoms with Gasteiger partial charge in [0.05, 0.1) is 18.8 Å². The van der Waals surface area contributed by atoms with Gasteiger partial charge in [-0.2, -0.15) is 10.2 Å². The number of amides is 2. The van der Waals surface area contributed by atoms with Crippen molar-refractivity contribution in [2.24, 2.45) is 12.1 Å². The third kappa shape index (κ3) is 3.67. The molecule has 1 aromatic heterocycles. The molecule has 2 amide bonds. The lowest BCUT2D eigenvalue weighted by atomic mass is 10.1. The largest absolute Gasteiger partial charge is 0.454 e. The third-order valence-electron chi connectivity index (χ3n) is 5.29. The molecular weight excluding hydrogens is 374 g/mol. The zero-order valence-electron chi connectivity index (χ0n) is 16.7. The first-order valence-electron chi connectivity index (χ1n) is 9.45. The summed E-state index contributed by atoms with van der Waals surface area (Å²) in [6, 6.07) is 5.64. The first-order chi connectivity index (χ1) is 13.9. The van der Waals surface area contributed by atoms with E-state index in [1.807, 2.05) is 43.8 Å². The summed E-state index contributed by atoms with van der Waals surface area (Å²) in [6.07, 6.45) is 0.569. The molecule has 0 bridgehead atoms. The molecule has 0 unspecified atom stereocenters. The molecule has 2 aliphatic heterocycles. The first kappa shape index (κ1) is 19.0. The van der Waals surface area contributed by atoms with Crippen LogP contribution in [0.3, 0.4) is 0 Å². The monoisotopic (exact) mass is 397 g/mol. The zero-order valence-corrected chi connectivity index (χ0v) is 16.7. The number of nitrogens with zero attached hydrogens (tertiary/aromatic N) is 4. The van der Waals surface area contributed by atoms with Gasteiger partial charge in [-0.3, -0.25) is 14.3 Å². The van der Waals surface area contributed by atoms with E-state index in [-0.39, 0.29) is 25.0 Å². The van der Waals surface area contributed by atoms with Crippen LogP contribution >= 0.6 is 0 Å². The van der Waals surface area contributed by atoms with Crippen LogP contribution in [0, 0.1) is 13.8 Å². The maximum absolute atomic E-state index is 13.3. The van der Waals surface area contributed by atoms with Gasteiger partial charge in [0, 0.05) is 36.7 Å². The Hall–Kier alpha value is -3.36. The standard InChI is InChI=1S/C20H23N5O4/c1-12-15(13(2)24(3)23-12)10-25(20(27)16-7-8-18(26)22-21-16)9-14-5-4-6-17-19(14)29-11-28-17/h4-6H,7-11H2,1-3H3,(H,22,26).